The molecule has 138 valence electrons. The Morgan fingerprint density at radius 1 is 0.619 bits per heavy atom. The molecule has 0 fully saturated rings. The number of methoxy groups -OCH3 is 1. The van der Waals surface area contributed by atoms with Gasteiger partial charge in [-0.3, -0.25) is 9.41 Å². The molecule has 1 nitrogen and oxygen atoms in total. The highest BCUT2D eigenvalue weighted by Crippen LogP contribution is 1.93. The van der Waals surface area contributed by atoms with E-state index >= 15 is 0 Å². The van der Waals surface area contributed by atoms with Crippen LogP contribution in [0.2, 0.25) is 0 Å². The smallest absolute Gasteiger partial charge is 0.0485 e. The molecule has 0 aliphatic carbocycles. The van der Waals surface area contributed by atoms with E-state index in [0.717, 1.165) is 24.4 Å². The number of hydrogen-bond donors (Lipinski definition) is 0. The minimum Gasteiger partial charge on any atom is -0.384 e. The average Bonchev–Trinajstić information content (AvgIpc) is 2.16. The maximum Gasteiger partial charge on any atom is 0.0485 e. The minimum atomic E-state index is 0. The maximum atomic E-state index is 4.80. The van der Waals surface area contributed by atoms with Gasteiger partial charge in [0, 0.05) is 13.7 Å². The first kappa shape index (κ1) is 37.2. The summed E-state index contributed by atoms with van der Waals surface area (Å²) < 4.78 is 4.80. The summed E-state index contributed by atoms with van der Waals surface area (Å²) in [6, 6.07) is 0. The van der Waals surface area contributed by atoms with Crippen molar-refractivity contribution in [1.82, 2.24) is 0 Å². The molecular formula is C18H46F2O. The van der Waals surface area contributed by atoms with Gasteiger partial charge in [-0.05, 0) is 23.7 Å². The Hall–Kier alpha value is -0.180. The third-order valence-corrected chi connectivity index (χ3v) is 1.32. The van der Waals surface area contributed by atoms with Crippen molar-refractivity contribution < 1.29 is 14.1 Å². The van der Waals surface area contributed by atoms with Crippen LogP contribution in [0.5, 0.6) is 0 Å². The normalized spacial score (nSPS) is 8.57. The minimum absolute atomic E-state index is 0. The van der Waals surface area contributed by atoms with E-state index in [0.29, 0.717) is 5.92 Å². The van der Waals surface area contributed by atoms with Crippen molar-refractivity contribution in [2.45, 2.75) is 82.6 Å². The lowest BCUT2D eigenvalue weighted by molar-refractivity contribution is 0.167. The zero-order chi connectivity index (χ0) is 16.4. The van der Waals surface area contributed by atoms with Crippen molar-refractivity contribution in [3.05, 3.63) is 0 Å². The van der Waals surface area contributed by atoms with Gasteiger partial charge in [0.2, 0.25) is 0 Å². The zero-order valence-electron chi connectivity index (χ0n) is 16.9. The summed E-state index contributed by atoms with van der Waals surface area (Å²) in [6.45, 7) is 24.8. The summed E-state index contributed by atoms with van der Waals surface area (Å²) in [5, 5.41) is 0. The van der Waals surface area contributed by atoms with Crippen molar-refractivity contribution in [3.63, 3.8) is 0 Å². The van der Waals surface area contributed by atoms with Crippen LogP contribution in [-0.4, -0.2) is 13.7 Å². The number of rotatable bonds is 3. The molecule has 0 radical (unpaired) electrons. The number of hydrogen-bond acceptors (Lipinski definition) is 1. The molecule has 0 aliphatic heterocycles. The second-order valence-corrected chi connectivity index (χ2v) is 7.12. The second-order valence-electron chi connectivity index (χ2n) is 7.12. The first-order valence-corrected chi connectivity index (χ1v) is 7.99. The van der Waals surface area contributed by atoms with Gasteiger partial charge in [-0.1, -0.05) is 82.6 Å². The Labute approximate surface area is 135 Å². The molecule has 0 saturated carbocycles. The van der Waals surface area contributed by atoms with E-state index in [4.69, 9.17) is 4.74 Å². The Balaban J connectivity index is -0.0000000351. The largest absolute Gasteiger partial charge is 0.384 e. The van der Waals surface area contributed by atoms with Crippen LogP contribution in [0, 0.1) is 23.7 Å². The predicted molar refractivity (Wildman–Crippen MR) is 97.9 cm³/mol. The Morgan fingerprint density at radius 3 is 0.810 bits per heavy atom. The average molecular weight is 317 g/mol. The quantitative estimate of drug-likeness (QED) is 0.546. The third kappa shape index (κ3) is 271. The van der Waals surface area contributed by atoms with Gasteiger partial charge in [0.25, 0.3) is 0 Å². The molecule has 0 unspecified atom stereocenters. The lowest BCUT2D eigenvalue weighted by Gasteiger charge is -1.97. The van der Waals surface area contributed by atoms with E-state index in [1.807, 2.05) is 0 Å². The molecular weight excluding hydrogens is 270 g/mol. The first-order chi connectivity index (χ1) is 8.50. The molecule has 3 heteroatoms. The van der Waals surface area contributed by atoms with E-state index in [-0.39, 0.29) is 9.41 Å². The summed E-state index contributed by atoms with van der Waals surface area (Å²) in [6.07, 6.45) is 1.31. The molecule has 0 amide bonds. The fraction of sp³-hybridized carbons (Fsp3) is 1.00. The molecule has 21 heavy (non-hydrogen) atoms. The van der Waals surface area contributed by atoms with Crippen LogP contribution >= 0.6 is 0 Å². The highest BCUT2D eigenvalue weighted by Gasteiger charge is 1.85. The summed E-state index contributed by atoms with van der Waals surface area (Å²) in [5.74, 6) is 3.23. The van der Waals surface area contributed by atoms with Crippen LogP contribution < -0.4 is 0 Å². The van der Waals surface area contributed by atoms with Crippen molar-refractivity contribution in [2.24, 2.45) is 23.7 Å². The molecule has 0 N–H and O–H groups in total. The number of halogens is 2. The highest BCUT2D eigenvalue weighted by atomic mass is 19.0. The molecule has 0 rings (SSSR count). The highest BCUT2D eigenvalue weighted by molar-refractivity contribution is 4.35. The van der Waals surface area contributed by atoms with Gasteiger partial charge in [0.15, 0.2) is 0 Å². The predicted octanol–water partition coefficient (Wildman–Crippen LogP) is 6.97. The Morgan fingerprint density at radius 2 is 0.810 bits per heavy atom. The molecule has 0 aromatic rings. The number of ether oxygens (including phenoxy) is 1. The standard InChI is InChI=1S/C5H12O.C5H12.2C4H10.2FH/c1-5(2)4-6-3;1-4-5(2)3;2*1-4(2)3;;/h5H,4H2,1-3H3;5H,4H2,1-3H3;2*4H,1-3H3;2*1H. The fourth-order valence-electron chi connectivity index (χ4n) is 0.333. The van der Waals surface area contributed by atoms with Crippen LogP contribution in [0.25, 0.3) is 0 Å². The van der Waals surface area contributed by atoms with Crippen LogP contribution in [0.4, 0.5) is 9.41 Å². The van der Waals surface area contributed by atoms with Gasteiger partial charge in [-0.2, -0.15) is 0 Å². The molecule has 0 aromatic heterocycles. The SMILES string of the molecule is CC(C)C.CC(C)C.CCC(C)C.COCC(C)C.F.F. The third-order valence-electron chi connectivity index (χ3n) is 1.32. The van der Waals surface area contributed by atoms with Gasteiger partial charge in [0.1, 0.15) is 0 Å². The van der Waals surface area contributed by atoms with Crippen molar-refractivity contribution in [2.75, 3.05) is 13.7 Å². The Bertz CT molecular complexity index is 113. The molecule has 0 aromatic carbocycles. The van der Waals surface area contributed by atoms with Crippen LogP contribution in [0.1, 0.15) is 82.6 Å². The van der Waals surface area contributed by atoms with Crippen molar-refractivity contribution in [1.29, 1.82) is 0 Å². The summed E-state index contributed by atoms with van der Waals surface area (Å²) in [5.41, 5.74) is 0. The summed E-state index contributed by atoms with van der Waals surface area (Å²) >= 11 is 0. The van der Waals surface area contributed by atoms with Gasteiger partial charge in [-0.15, -0.1) is 0 Å². The zero-order valence-corrected chi connectivity index (χ0v) is 16.9. The monoisotopic (exact) mass is 316 g/mol. The van der Waals surface area contributed by atoms with Gasteiger partial charge >= 0.3 is 0 Å². The van der Waals surface area contributed by atoms with E-state index in [1.54, 1.807) is 7.11 Å². The van der Waals surface area contributed by atoms with E-state index < -0.39 is 0 Å². The van der Waals surface area contributed by atoms with Crippen LogP contribution in [0.3, 0.4) is 0 Å². The lowest BCUT2D eigenvalue weighted by atomic mass is 10.2. The Kier molecular flexibility index (Phi) is 56.7. The topological polar surface area (TPSA) is 9.23 Å². The molecule has 0 atom stereocenters. The first-order valence-electron chi connectivity index (χ1n) is 7.99. The van der Waals surface area contributed by atoms with Crippen molar-refractivity contribution in [3.8, 4) is 0 Å². The van der Waals surface area contributed by atoms with Crippen LogP contribution in [-0.2, 0) is 4.74 Å². The fourth-order valence-corrected chi connectivity index (χ4v) is 0.333. The molecule has 0 bridgehead atoms. The molecule has 0 saturated heterocycles. The van der Waals surface area contributed by atoms with Gasteiger partial charge in [-0.25, -0.2) is 0 Å². The van der Waals surface area contributed by atoms with Crippen molar-refractivity contribution >= 4 is 0 Å². The van der Waals surface area contributed by atoms with Crippen LogP contribution in [0.15, 0.2) is 0 Å². The lowest BCUT2D eigenvalue weighted by Crippen LogP contribution is -1.96. The summed E-state index contributed by atoms with van der Waals surface area (Å²) in [7, 11) is 1.72. The molecule has 0 heterocycles. The second kappa shape index (κ2) is 32.0. The maximum absolute atomic E-state index is 4.80. The van der Waals surface area contributed by atoms with E-state index in [2.05, 4.69) is 76.2 Å². The molecule has 0 spiro atoms. The summed E-state index contributed by atoms with van der Waals surface area (Å²) in [4.78, 5) is 0. The van der Waals surface area contributed by atoms with Gasteiger partial charge < -0.3 is 4.74 Å². The van der Waals surface area contributed by atoms with E-state index in [9.17, 15) is 0 Å². The van der Waals surface area contributed by atoms with Gasteiger partial charge in [0.05, 0.1) is 0 Å². The molecule has 0 aliphatic rings. The van der Waals surface area contributed by atoms with E-state index in [1.165, 1.54) is 6.42 Å².